The molecule has 0 spiro atoms. The molecule has 2 atom stereocenters. The number of pyridine rings is 1. The van der Waals surface area contributed by atoms with E-state index in [-0.39, 0.29) is 42.0 Å². The average Bonchev–Trinajstić information content (AvgIpc) is 3.54. The third-order valence-corrected chi connectivity index (χ3v) is 8.01. The van der Waals surface area contributed by atoms with E-state index in [0.29, 0.717) is 16.9 Å². The Balaban J connectivity index is 1.36. The van der Waals surface area contributed by atoms with Crippen LogP contribution in [0.2, 0.25) is 0 Å². The second kappa shape index (κ2) is 10.7. The molecule has 2 aliphatic heterocycles. The molecule has 14 nitrogen and oxygen atoms in total. The molecule has 3 aromatic rings. The molecule has 2 amide bonds. The molecule has 0 aliphatic carbocycles. The Morgan fingerprint density at radius 1 is 1.41 bits per heavy atom. The highest BCUT2D eigenvalue weighted by Gasteiger charge is 2.54. The molecule has 5 rings (SSSR count). The number of carboxylic acid groups (broad SMARTS) is 1. The van der Waals surface area contributed by atoms with Crippen molar-refractivity contribution in [2.45, 2.75) is 18.0 Å². The van der Waals surface area contributed by atoms with Gasteiger partial charge in [0.15, 0.2) is 10.8 Å². The molecule has 0 unspecified atom stereocenters. The molecule has 5 heterocycles. The van der Waals surface area contributed by atoms with Crippen LogP contribution >= 0.6 is 23.1 Å². The summed E-state index contributed by atoms with van der Waals surface area (Å²) in [7, 11) is 0. The van der Waals surface area contributed by atoms with E-state index in [1.54, 1.807) is 35.1 Å². The lowest BCUT2D eigenvalue weighted by atomic mass is 10.0. The largest absolute Gasteiger partial charge is 0.477 e. The van der Waals surface area contributed by atoms with Gasteiger partial charge in [0, 0.05) is 22.8 Å². The van der Waals surface area contributed by atoms with Gasteiger partial charge in [0.05, 0.1) is 12.2 Å². The molecule has 0 radical (unpaired) electrons. The van der Waals surface area contributed by atoms with E-state index in [1.165, 1.54) is 22.0 Å². The third-order valence-electron chi connectivity index (χ3n) is 6.00. The van der Waals surface area contributed by atoms with Crippen LogP contribution in [0, 0.1) is 11.3 Å². The summed E-state index contributed by atoms with van der Waals surface area (Å²) < 4.78 is 3.59. The van der Waals surface area contributed by atoms with Crippen molar-refractivity contribution in [3.63, 3.8) is 0 Å². The van der Waals surface area contributed by atoms with Crippen LogP contribution < -0.4 is 15.6 Å². The molecular formula is C23H21N8O6S2+. The minimum Gasteiger partial charge on any atom is -0.477 e. The summed E-state index contributed by atoms with van der Waals surface area (Å²) in [5, 5.41) is 35.5. The van der Waals surface area contributed by atoms with E-state index >= 15 is 0 Å². The van der Waals surface area contributed by atoms with Gasteiger partial charge >= 0.3 is 5.97 Å². The summed E-state index contributed by atoms with van der Waals surface area (Å²) in [5.74, 6) is -2.26. The number of aliphatic hydroxyl groups is 1. The van der Waals surface area contributed by atoms with Crippen LogP contribution in [0.1, 0.15) is 11.3 Å². The van der Waals surface area contributed by atoms with Crippen molar-refractivity contribution in [3.8, 4) is 6.07 Å². The number of thioether (sulfide) groups is 1. The number of thiazole rings is 1. The Morgan fingerprint density at radius 2 is 2.23 bits per heavy atom. The summed E-state index contributed by atoms with van der Waals surface area (Å²) in [6.45, 7) is -0.262. The zero-order valence-corrected chi connectivity index (χ0v) is 21.7. The Kier molecular flexibility index (Phi) is 7.19. The number of anilines is 1. The first-order valence-electron chi connectivity index (χ1n) is 11.5. The molecule has 2 aliphatic rings. The first kappa shape index (κ1) is 26.2. The van der Waals surface area contributed by atoms with Crippen molar-refractivity contribution in [1.82, 2.24) is 19.6 Å². The number of nitriles is 1. The van der Waals surface area contributed by atoms with Crippen molar-refractivity contribution in [1.29, 1.82) is 5.26 Å². The molecule has 0 saturated carbocycles. The number of carbonyl (C=O) groups is 3. The van der Waals surface area contributed by atoms with E-state index in [2.05, 4.69) is 21.5 Å². The Bertz CT molecular complexity index is 1590. The number of amides is 2. The fourth-order valence-electron chi connectivity index (χ4n) is 4.27. The van der Waals surface area contributed by atoms with Crippen LogP contribution in [0.15, 0.2) is 52.5 Å². The van der Waals surface area contributed by atoms with E-state index in [9.17, 15) is 19.5 Å². The Morgan fingerprint density at radius 3 is 2.92 bits per heavy atom. The Hall–Kier alpha value is -4.46. The summed E-state index contributed by atoms with van der Waals surface area (Å²) in [6, 6.07) is 4.51. The number of nitrogens with one attached hydrogen (secondary N) is 1. The van der Waals surface area contributed by atoms with Gasteiger partial charge < -0.3 is 26.1 Å². The van der Waals surface area contributed by atoms with Crippen LogP contribution in [0.25, 0.3) is 5.65 Å². The Labute approximate surface area is 228 Å². The van der Waals surface area contributed by atoms with Gasteiger partial charge in [0.1, 0.15) is 60.6 Å². The summed E-state index contributed by atoms with van der Waals surface area (Å²) in [6.07, 6.45) is 5.20. The van der Waals surface area contributed by atoms with Gasteiger partial charge in [-0.1, -0.05) is 5.16 Å². The molecule has 3 aromatic heterocycles. The van der Waals surface area contributed by atoms with Gasteiger partial charge in [-0.15, -0.1) is 23.1 Å². The molecule has 5 N–H and O–H groups in total. The normalized spacial score (nSPS) is 18.9. The monoisotopic (exact) mass is 569 g/mol. The second-order valence-electron chi connectivity index (χ2n) is 8.41. The molecule has 1 saturated heterocycles. The zero-order chi connectivity index (χ0) is 27.7. The maximum Gasteiger partial charge on any atom is 0.352 e. The smallest absolute Gasteiger partial charge is 0.352 e. The third kappa shape index (κ3) is 4.90. The predicted molar refractivity (Wildman–Crippen MR) is 138 cm³/mol. The number of aliphatic hydroxyl groups excluding tert-OH is 1. The number of aromatic nitrogens is 3. The van der Waals surface area contributed by atoms with Gasteiger partial charge in [-0.25, -0.2) is 18.7 Å². The number of nitrogens with two attached hydrogens (primary N) is 1. The number of β-lactam (4-membered cyclic amide) rings is 1. The lowest BCUT2D eigenvalue weighted by molar-refractivity contribution is -0.662. The SMILES string of the molecule is N#Cc1ccc2n(cc[n+]2CC2=C(C(=O)O)N3C(=O)[C@@H](NC(=O)C(=NOCCO)c4csc(N)n4)[C@@H]3SC2)c1. The number of aliphatic carboxylic acids is 1. The molecular weight excluding hydrogens is 548 g/mol. The van der Waals surface area contributed by atoms with Gasteiger partial charge in [-0.3, -0.25) is 14.5 Å². The number of hydrogen-bond acceptors (Lipinski definition) is 11. The summed E-state index contributed by atoms with van der Waals surface area (Å²) >= 11 is 2.42. The average molecular weight is 570 g/mol. The molecule has 39 heavy (non-hydrogen) atoms. The van der Waals surface area contributed by atoms with Gasteiger partial charge in [0.2, 0.25) is 0 Å². The highest BCUT2D eigenvalue weighted by Crippen LogP contribution is 2.40. The second-order valence-corrected chi connectivity index (χ2v) is 10.4. The first-order valence-corrected chi connectivity index (χ1v) is 13.4. The standard InChI is InChI=1S/C23H20N8O6S2/c24-7-12-1-2-15-29(8-12)3-4-30(15)9-13-10-38-21-17(20(34)31(21)18(13)22(35)36)27-19(33)16(28-37-6-5-32)14-11-39-23(25)26-14/h1-4,8,11,17,21,32H,5-6,9-10H2,(H3-,25,26,27,33,35,36)/p+1/t17-,21+/m1/s1. The topological polar surface area (TPSA) is 200 Å². The zero-order valence-electron chi connectivity index (χ0n) is 20.1. The van der Waals surface area contributed by atoms with Gasteiger partial charge in [0.25, 0.3) is 17.5 Å². The van der Waals surface area contributed by atoms with E-state index < -0.39 is 29.2 Å². The van der Waals surface area contributed by atoms with Crippen LogP contribution in [-0.4, -0.2) is 78.4 Å². The fourth-order valence-corrected chi connectivity index (χ4v) is 6.16. The lowest BCUT2D eigenvalue weighted by Crippen LogP contribution is -2.71. The van der Waals surface area contributed by atoms with E-state index in [0.717, 1.165) is 17.0 Å². The van der Waals surface area contributed by atoms with Crippen molar-refractivity contribution in [2.75, 3.05) is 24.7 Å². The maximum absolute atomic E-state index is 13.1. The number of imidazole rings is 1. The predicted octanol–water partition coefficient (Wildman–Crippen LogP) is -0.711. The van der Waals surface area contributed by atoms with Crippen molar-refractivity contribution in [3.05, 3.63) is 58.6 Å². The maximum atomic E-state index is 13.1. The van der Waals surface area contributed by atoms with Gasteiger partial charge in [-0.2, -0.15) is 5.26 Å². The van der Waals surface area contributed by atoms with Crippen molar-refractivity contribution in [2.24, 2.45) is 5.16 Å². The number of rotatable bonds is 9. The number of carboxylic acids is 1. The van der Waals surface area contributed by atoms with Crippen molar-refractivity contribution >= 4 is 57.4 Å². The molecule has 1 fully saturated rings. The van der Waals surface area contributed by atoms with E-state index in [4.69, 9.17) is 20.9 Å². The highest BCUT2D eigenvalue weighted by molar-refractivity contribution is 8.00. The van der Waals surface area contributed by atoms with Crippen LogP contribution in [0.3, 0.4) is 0 Å². The molecule has 0 bridgehead atoms. The molecule has 16 heteroatoms. The molecule has 200 valence electrons. The number of fused-ring (bicyclic) bond motifs is 2. The van der Waals surface area contributed by atoms with Crippen LogP contribution in [0.5, 0.6) is 0 Å². The van der Waals surface area contributed by atoms with Crippen molar-refractivity contribution < 1.29 is 34.0 Å². The number of nitrogen functional groups attached to an aromatic ring is 1. The quantitative estimate of drug-likeness (QED) is 0.0839. The molecule has 0 aromatic carbocycles. The minimum absolute atomic E-state index is 0.123. The number of hydrogen-bond donors (Lipinski definition) is 4. The summed E-state index contributed by atoms with van der Waals surface area (Å²) in [5.41, 5.74) is 7.22. The van der Waals surface area contributed by atoms with Gasteiger partial charge in [-0.05, 0) is 6.07 Å². The van der Waals surface area contributed by atoms with E-state index in [1.807, 2.05) is 4.57 Å². The minimum atomic E-state index is -1.25. The number of nitrogens with zero attached hydrogens (tertiary/aromatic N) is 6. The number of carbonyl (C=O) groups excluding carboxylic acids is 2. The lowest BCUT2D eigenvalue weighted by Gasteiger charge is -2.49. The summed E-state index contributed by atoms with van der Waals surface area (Å²) in [4.78, 5) is 48.6. The first-order chi connectivity index (χ1) is 18.8. The van der Waals surface area contributed by atoms with Crippen LogP contribution in [-0.2, 0) is 25.8 Å². The van der Waals surface area contributed by atoms with Crippen LogP contribution in [0.4, 0.5) is 5.13 Å². The number of oxime groups is 1. The highest BCUT2D eigenvalue weighted by atomic mass is 32.2. The fraction of sp³-hybridized carbons (Fsp3) is 0.261.